The summed E-state index contributed by atoms with van der Waals surface area (Å²) in [6.45, 7) is 7.62. The van der Waals surface area contributed by atoms with Crippen molar-refractivity contribution < 1.29 is 9.53 Å². The highest BCUT2D eigenvalue weighted by Crippen LogP contribution is 2.15. The highest BCUT2D eigenvalue weighted by molar-refractivity contribution is 6.01. The van der Waals surface area contributed by atoms with Gasteiger partial charge in [0.05, 0.1) is 6.10 Å². The number of amides is 1. The second-order valence-corrected chi connectivity index (χ2v) is 5.03. The number of carbonyl (C=O) groups excluding carboxylic acids is 1. The van der Waals surface area contributed by atoms with Crippen molar-refractivity contribution in [2.45, 2.75) is 39.8 Å². The van der Waals surface area contributed by atoms with E-state index in [2.05, 4.69) is 5.32 Å². The van der Waals surface area contributed by atoms with Gasteiger partial charge in [0.2, 0.25) is 0 Å². The Hall–Kier alpha value is -2.28. The van der Waals surface area contributed by atoms with Crippen molar-refractivity contribution in [3.63, 3.8) is 0 Å². The lowest BCUT2D eigenvalue weighted by Crippen LogP contribution is -2.30. The zero-order valence-electron chi connectivity index (χ0n) is 12.3. The third kappa shape index (κ3) is 5.15. The topological polar surface area (TPSA) is 62.1 Å². The average Bonchev–Trinajstić information content (AvgIpc) is 2.36. The maximum Gasteiger partial charge on any atom is 0.262 e. The van der Waals surface area contributed by atoms with E-state index in [0.29, 0.717) is 0 Å². The van der Waals surface area contributed by atoms with Crippen molar-refractivity contribution in [2.75, 3.05) is 0 Å². The molecule has 0 fully saturated rings. The van der Waals surface area contributed by atoms with Gasteiger partial charge in [-0.1, -0.05) is 12.1 Å². The number of ether oxygens (including phenoxy) is 1. The van der Waals surface area contributed by atoms with Gasteiger partial charge >= 0.3 is 0 Å². The van der Waals surface area contributed by atoms with Gasteiger partial charge in [0.1, 0.15) is 17.4 Å². The highest BCUT2D eigenvalue weighted by Gasteiger charge is 2.09. The van der Waals surface area contributed by atoms with Crippen LogP contribution in [0.5, 0.6) is 5.75 Å². The van der Waals surface area contributed by atoms with Gasteiger partial charge in [-0.2, -0.15) is 5.26 Å². The summed E-state index contributed by atoms with van der Waals surface area (Å²) in [5.41, 5.74) is 0.882. The Morgan fingerprint density at radius 3 is 2.30 bits per heavy atom. The molecular weight excluding hydrogens is 252 g/mol. The van der Waals surface area contributed by atoms with Gasteiger partial charge in [-0.15, -0.1) is 0 Å². The molecule has 0 unspecified atom stereocenters. The molecule has 0 aliphatic carbocycles. The molecule has 0 spiro atoms. The fourth-order valence-electron chi connectivity index (χ4n) is 1.57. The van der Waals surface area contributed by atoms with Crippen molar-refractivity contribution in [1.29, 1.82) is 5.26 Å². The van der Waals surface area contributed by atoms with E-state index < -0.39 is 0 Å². The van der Waals surface area contributed by atoms with Gasteiger partial charge in [-0.05, 0) is 51.5 Å². The first-order chi connectivity index (χ1) is 9.42. The Labute approximate surface area is 120 Å². The SMILES string of the molecule is CC(C)NC(=O)/C(C#N)=C/c1ccc(OC(C)C)cc1. The van der Waals surface area contributed by atoms with Crippen LogP contribution >= 0.6 is 0 Å². The molecule has 1 aromatic rings. The largest absolute Gasteiger partial charge is 0.491 e. The van der Waals surface area contributed by atoms with Gasteiger partial charge in [0.15, 0.2) is 0 Å². The van der Waals surface area contributed by atoms with E-state index in [1.807, 2.05) is 58.0 Å². The van der Waals surface area contributed by atoms with E-state index in [1.54, 1.807) is 6.08 Å². The molecular formula is C16H20N2O2. The zero-order valence-corrected chi connectivity index (χ0v) is 12.3. The molecule has 0 atom stereocenters. The Kier molecular flexibility index (Phi) is 5.79. The van der Waals surface area contributed by atoms with Crippen molar-refractivity contribution in [2.24, 2.45) is 0 Å². The normalized spacial score (nSPS) is 11.3. The summed E-state index contributed by atoms with van der Waals surface area (Å²) in [5.74, 6) is 0.410. The number of nitrogens with one attached hydrogen (secondary N) is 1. The number of rotatable bonds is 5. The summed E-state index contributed by atoms with van der Waals surface area (Å²) in [4.78, 5) is 11.8. The van der Waals surface area contributed by atoms with Crippen LogP contribution in [0.15, 0.2) is 29.8 Å². The molecule has 0 bridgehead atoms. The summed E-state index contributed by atoms with van der Waals surface area (Å²) >= 11 is 0. The maximum atomic E-state index is 11.8. The van der Waals surface area contributed by atoms with Crippen LogP contribution in [0.4, 0.5) is 0 Å². The predicted octanol–water partition coefficient (Wildman–Crippen LogP) is 2.91. The minimum atomic E-state index is -0.356. The quantitative estimate of drug-likeness (QED) is 0.662. The molecule has 1 N–H and O–H groups in total. The van der Waals surface area contributed by atoms with Gasteiger partial charge < -0.3 is 10.1 Å². The monoisotopic (exact) mass is 272 g/mol. The lowest BCUT2D eigenvalue weighted by atomic mass is 10.1. The lowest BCUT2D eigenvalue weighted by molar-refractivity contribution is -0.117. The first kappa shape index (κ1) is 15.8. The summed E-state index contributed by atoms with van der Waals surface area (Å²) in [5, 5.41) is 11.7. The summed E-state index contributed by atoms with van der Waals surface area (Å²) in [7, 11) is 0. The number of carbonyl (C=O) groups is 1. The molecule has 106 valence electrons. The predicted molar refractivity (Wildman–Crippen MR) is 79.1 cm³/mol. The molecule has 0 radical (unpaired) electrons. The van der Waals surface area contributed by atoms with Crippen molar-refractivity contribution in [3.8, 4) is 11.8 Å². The fourth-order valence-corrected chi connectivity index (χ4v) is 1.57. The number of nitrogens with zero attached hydrogens (tertiary/aromatic N) is 1. The van der Waals surface area contributed by atoms with Gasteiger partial charge in [0.25, 0.3) is 5.91 Å². The van der Waals surface area contributed by atoms with Crippen LogP contribution in [-0.4, -0.2) is 18.1 Å². The molecule has 0 aromatic heterocycles. The minimum absolute atomic E-state index is 0.000989. The Morgan fingerprint density at radius 1 is 1.25 bits per heavy atom. The molecule has 0 saturated carbocycles. The van der Waals surface area contributed by atoms with Crippen LogP contribution in [-0.2, 0) is 4.79 Å². The third-order valence-corrected chi connectivity index (χ3v) is 2.35. The second kappa shape index (κ2) is 7.34. The standard InChI is InChI=1S/C16H20N2O2/c1-11(2)18-16(19)14(10-17)9-13-5-7-15(8-6-13)20-12(3)4/h5-9,11-12H,1-4H3,(H,18,19)/b14-9+. The number of hydrogen-bond acceptors (Lipinski definition) is 3. The van der Waals surface area contributed by atoms with E-state index in [1.165, 1.54) is 0 Å². The van der Waals surface area contributed by atoms with Crippen LogP contribution in [0.3, 0.4) is 0 Å². The summed E-state index contributed by atoms with van der Waals surface area (Å²) < 4.78 is 5.54. The highest BCUT2D eigenvalue weighted by atomic mass is 16.5. The molecule has 1 amide bonds. The first-order valence-electron chi connectivity index (χ1n) is 6.61. The summed E-state index contributed by atoms with van der Waals surface area (Å²) in [6.07, 6.45) is 1.68. The molecule has 0 saturated heterocycles. The van der Waals surface area contributed by atoms with Crippen LogP contribution < -0.4 is 10.1 Å². The van der Waals surface area contributed by atoms with Crippen LogP contribution in [0.25, 0.3) is 6.08 Å². The average molecular weight is 272 g/mol. The van der Waals surface area contributed by atoms with E-state index >= 15 is 0 Å². The molecule has 0 aliphatic heterocycles. The van der Waals surface area contributed by atoms with E-state index in [-0.39, 0.29) is 23.6 Å². The Bertz CT molecular complexity index is 522. The molecule has 20 heavy (non-hydrogen) atoms. The van der Waals surface area contributed by atoms with E-state index in [4.69, 9.17) is 10.00 Å². The van der Waals surface area contributed by atoms with Crippen molar-refractivity contribution in [3.05, 3.63) is 35.4 Å². The van der Waals surface area contributed by atoms with E-state index in [9.17, 15) is 4.79 Å². The first-order valence-corrected chi connectivity index (χ1v) is 6.61. The van der Waals surface area contributed by atoms with Crippen LogP contribution in [0, 0.1) is 11.3 Å². The van der Waals surface area contributed by atoms with Crippen LogP contribution in [0.1, 0.15) is 33.3 Å². The van der Waals surface area contributed by atoms with Crippen molar-refractivity contribution >= 4 is 12.0 Å². The number of benzene rings is 1. The molecule has 4 heteroatoms. The molecule has 4 nitrogen and oxygen atoms in total. The lowest BCUT2D eigenvalue weighted by Gasteiger charge is -2.09. The smallest absolute Gasteiger partial charge is 0.262 e. The Morgan fingerprint density at radius 2 is 1.85 bits per heavy atom. The zero-order chi connectivity index (χ0) is 15.1. The van der Waals surface area contributed by atoms with Gasteiger partial charge in [0, 0.05) is 6.04 Å². The minimum Gasteiger partial charge on any atom is -0.491 e. The summed E-state index contributed by atoms with van der Waals surface area (Å²) in [6, 6.07) is 9.20. The van der Waals surface area contributed by atoms with E-state index in [0.717, 1.165) is 11.3 Å². The van der Waals surface area contributed by atoms with Crippen molar-refractivity contribution in [1.82, 2.24) is 5.32 Å². The maximum absolute atomic E-state index is 11.8. The number of hydrogen-bond donors (Lipinski definition) is 1. The Balaban J connectivity index is 2.86. The molecule has 0 aliphatic rings. The fraction of sp³-hybridized carbons (Fsp3) is 0.375. The number of nitriles is 1. The van der Waals surface area contributed by atoms with Crippen LogP contribution in [0.2, 0.25) is 0 Å². The molecule has 0 heterocycles. The second-order valence-electron chi connectivity index (χ2n) is 5.03. The molecule has 1 rings (SSSR count). The third-order valence-electron chi connectivity index (χ3n) is 2.35. The van der Waals surface area contributed by atoms with Gasteiger partial charge in [-0.3, -0.25) is 4.79 Å². The molecule has 1 aromatic carbocycles. The van der Waals surface area contributed by atoms with Gasteiger partial charge in [-0.25, -0.2) is 0 Å².